The monoisotopic (exact) mass is 424 g/mol. The number of anilines is 1. The predicted molar refractivity (Wildman–Crippen MR) is 119 cm³/mol. The zero-order chi connectivity index (χ0) is 21.4. The van der Waals surface area contributed by atoms with E-state index in [1.165, 1.54) is 16.4 Å². The van der Waals surface area contributed by atoms with Crippen LogP contribution >= 0.6 is 0 Å². The third-order valence-corrected chi connectivity index (χ3v) is 6.22. The summed E-state index contributed by atoms with van der Waals surface area (Å²) in [7, 11) is -3.88. The van der Waals surface area contributed by atoms with Crippen LogP contribution in [0.2, 0.25) is 0 Å². The van der Waals surface area contributed by atoms with E-state index in [0.717, 1.165) is 11.1 Å². The van der Waals surface area contributed by atoms with E-state index in [0.29, 0.717) is 18.0 Å². The molecule has 0 aliphatic carbocycles. The van der Waals surface area contributed by atoms with E-state index in [9.17, 15) is 13.5 Å². The average molecular weight is 425 g/mol. The first kappa shape index (κ1) is 21.5. The van der Waals surface area contributed by atoms with Gasteiger partial charge < -0.3 is 9.84 Å². The van der Waals surface area contributed by atoms with E-state index in [1.807, 2.05) is 43.3 Å². The van der Waals surface area contributed by atoms with E-state index in [4.69, 9.17) is 4.74 Å². The van der Waals surface area contributed by atoms with Crippen LogP contribution in [0.25, 0.3) is 12.2 Å². The van der Waals surface area contributed by atoms with Gasteiger partial charge in [-0.3, -0.25) is 9.29 Å². The van der Waals surface area contributed by atoms with E-state index >= 15 is 0 Å². The number of aromatic nitrogens is 1. The van der Waals surface area contributed by atoms with Crippen molar-refractivity contribution in [3.05, 3.63) is 84.2 Å². The number of para-hydroxylation sites is 1. The first-order valence-corrected chi connectivity index (χ1v) is 11.0. The number of nitrogens with zero attached hydrogens (tertiary/aromatic N) is 2. The zero-order valence-electron chi connectivity index (χ0n) is 16.7. The third kappa shape index (κ3) is 5.06. The van der Waals surface area contributed by atoms with Crippen LogP contribution in [0.5, 0.6) is 5.75 Å². The number of pyridine rings is 1. The molecule has 0 fully saturated rings. The highest BCUT2D eigenvalue weighted by Crippen LogP contribution is 2.29. The SMILES string of the molecule is CCOc1ccc(S(=O)(=O)N(CCO)c2ccccc2/C=C/c2ccncc2)cc1. The topological polar surface area (TPSA) is 79.7 Å². The standard InChI is InChI=1S/C23H24N2O4S/c1-2-29-21-9-11-22(12-10-21)30(27,28)25(17-18-26)23-6-4-3-5-20(23)8-7-19-13-15-24-16-14-19/h3-16,26H,2,17-18H2,1H3/b8-7+. The van der Waals surface area contributed by atoms with Crippen LogP contribution in [0, 0.1) is 0 Å². The molecule has 30 heavy (non-hydrogen) atoms. The number of aliphatic hydroxyl groups is 1. The lowest BCUT2D eigenvalue weighted by molar-refractivity contribution is 0.306. The molecule has 0 aliphatic heterocycles. The smallest absolute Gasteiger partial charge is 0.264 e. The molecule has 0 radical (unpaired) electrons. The molecule has 6 nitrogen and oxygen atoms in total. The minimum Gasteiger partial charge on any atom is -0.494 e. The summed E-state index contributed by atoms with van der Waals surface area (Å²) in [5, 5.41) is 9.57. The molecular formula is C23H24N2O4S. The maximum atomic E-state index is 13.4. The lowest BCUT2D eigenvalue weighted by Crippen LogP contribution is -2.34. The molecule has 0 amide bonds. The predicted octanol–water partition coefficient (Wildman–Crippen LogP) is 3.84. The van der Waals surface area contributed by atoms with Crippen molar-refractivity contribution in [2.75, 3.05) is 24.1 Å². The van der Waals surface area contributed by atoms with Gasteiger partial charge in [-0.25, -0.2) is 8.42 Å². The van der Waals surface area contributed by atoms with Gasteiger partial charge in [-0.2, -0.15) is 0 Å². The summed E-state index contributed by atoms with van der Waals surface area (Å²) in [5.41, 5.74) is 2.16. The third-order valence-electron chi connectivity index (χ3n) is 4.39. The van der Waals surface area contributed by atoms with Crippen LogP contribution in [-0.2, 0) is 10.0 Å². The highest BCUT2D eigenvalue weighted by atomic mass is 32.2. The number of rotatable bonds is 9. The number of benzene rings is 2. The van der Waals surface area contributed by atoms with Gasteiger partial charge in [0.25, 0.3) is 10.0 Å². The number of hydrogen-bond donors (Lipinski definition) is 1. The highest BCUT2D eigenvalue weighted by Gasteiger charge is 2.26. The van der Waals surface area contributed by atoms with Crippen molar-refractivity contribution in [2.24, 2.45) is 0 Å². The second kappa shape index (κ2) is 10.0. The zero-order valence-corrected chi connectivity index (χ0v) is 17.5. The van der Waals surface area contributed by atoms with Gasteiger partial charge in [0.15, 0.2) is 0 Å². The summed E-state index contributed by atoms with van der Waals surface area (Å²) >= 11 is 0. The van der Waals surface area contributed by atoms with Gasteiger partial charge in [-0.05, 0) is 60.5 Å². The van der Waals surface area contributed by atoms with Crippen molar-refractivity contribution < 1.29 is 18.3 Å². The minimum atomic E-state index is -3.88. The van der Waals surface area contributed by atoms with Crippen LogP contribution in [0.4, 0.5) is 5.69 Å². The molecule has 3 aromatic rings. The van der Waals surface area contributed by atoms with Crippen molar-refractivity contribution in [1.82, 2.24) is 4.98 Å². The van der Waals surface area contributed by atoms with Crippen LogP contribution in [0.15, 0.2) is 78.0 Å². The van der Waals surface area contributed by atoms with Gasteiger partial charge >= 0.3 is 0 Å². The summed E-state index contributed by atoms with van der Waals surface area (Å²) in [5.74, 6) is 0.603. The summed E-state index contributed by atoms with van der Waals surface area (Å²) in [6.07, 6.45) is 7.13. The molecule has 1 aromatic heterocycles. The molecule has 0 aliphatic rings. The number of sulfonamides is 1. The Kier molecular flexibility index (Phi) is 7.21. The molecule has 0 unspecified atom stereocenters. The largest absolute Gasteiger partial charge is 0.494 e. The van der Waals surface area contributed by atoms with Gasteiger partial charge in [0, 0.05) is 12.4 Å². The first-order chi connectivity index (χ1) is 14.6. The molecule has 2 aromatic carbocycles. The molecule has 1 N–H and O–H groups in total. The van der Waals surface area contributed by atoms with Crippen molar-refractivity contribution in [2.45, 2.75) is 11.8 Å². The number of hydrogen-bond acceptors (Lipinski definition) is 5. The maximum Gasteiger partial charge on any atom is 0.264 e. The van der Waals surface area contributed by atoms with Crippen LogP contribution in [0.1, 0.15) is 18.1 Å². The first-order valence-electron chi connectivity index (χ1n) is 9.60. The van der Waals surface area contributed by atoms with Crippen LogP contribution in [0.3, 0.4) is 0 Å². The Morgan fingerprint density at radius 1 is 1.00 bits per heavy atom. The molecule has 0 saturated carbocycles. The lowest BCUT2D eigenvalue weighted by Gasteiger charge is -2.25. The fourth-order valence-corrected chi connectivity index (χ4v) is 4.46. The van der Waals surface area contributed by atoms with Crippen molar-refractivity contribution in [3.8, 4) is 5.75 Å². The Morgan fingerprint density at radius 2 is 1.70 bits per heavy atom. The van der Waals surface area contributed by atoms with E-state index in [2.05, 4.69) is 4.98 Å². The van der Waals surface area contributed by atoms with Crippen molar-refractivity contribution >= 4 is 27.9 Å². The van der Waals surface area contributed by atoms with Crippen molar-refractivity contribution in [3.63, 3.8) is 0 Å². The second-order valence-electron chi connectivity index (χ2n) is 6.38. The number of aliphatic hydroxyl groups excluding tert-OH is 1. The van der Waals surface area contributed by atoms with Gasteiger partial charge in [0.05, 0.1) is 30.3 Å². The average Bonchev–Trinajstić information content (AvgIpc) is 2.77. The molecule has 7 heteroatoms. The van der Waals surface area contributed by atoms with Gasteiger partial charge in [-0.15, -0.1) is 0 Å². The van der Waals surface area contributed by atoms with Crippen LogP contribution < -0.4 is 9.04 Å². The quantitative estimate of drug-likeness (QED) is 0.565. The Balaban J connectivity index is 1.99. The summed E-state index contributed by atoms with van der Waals surface area (Å²) in [6.45, 7) is 2.00. The van der Waals surface area contributed by atoms with Crippen molar-refractivity contribution in [1.29, 1.82) is 0 Å². The van der Waals surface area contributed by atoms with Crippen LogP contribution in [-0.4, -0.2) is 38.3 Å². The Hall–Kier alpha value is -3.16. The van der Waals surface area contributed by atoms with Gasteiger partial charge in [0.1, 0.15) is 5.75 Å². The summed E-state index contributed by atoms with van der Waals surface area (Å²) < 4.78 is 33.3. The molecule has 3 rings (SSSR count). The lowest BCUT2D eigenvalue weighted by atomic mass is 10.1. The Bertz CT molecular complexity index is 1080. The highest BCUT2D eigenvalue weighted by molar-refractivity contribution is 7.92. The fourth-order valence-electron chi connectivity index (χ4n) is 2.98. The van der Waals surface area contributed by atoms with Gasteiger partial charge in [-0.1, -0.05) is 30.4 Å². The molecule has 0 saturated heterocycles. The van der Waals surface area contributed by atoms with E-state index in [1.54, 1.807) is 36.7 Å². The van der Waals surface area contributed by atoms with Gasteiger partial charge in [0.2, 0.25) is 0 Å². The maximum absolute atomic E-state index is 13.4. The normalized spacial score (nSPS) is 11.5. The molecule has 0 bridgehead atoms. The Morgan fingerprint density at radius 3 is 2.37 bits per heavy atom. The fraction of sp³-hybridized carbons (Fsp3) is 0.174. The molecular weight excluding hydrogens is 400 g/mol. The molecule has 156 valence electrons. The van der Waals surface area contributed by atoms with E-state index in [-0.39, 0.29) is 18.0 Å². The summed E-state index contributed by atoms with van der Waals surface area (Å²) in [4.78, 5) is 4.13. The summed E-state index contributed by atoms with van der Waals surface area (Å²) in [6, 6.07) is 17.2. The minimum absolute atomic E-state index is 0.0599. The van der Waals surface area contributed by atoms with E-state index < -0.39 is 10.0 Å². The number of ether oxygens (including phenoxy) is 1. The molecule has 0 spiro atoms. The molecule has 0 atom stereocenters. The second-order valence-corrected chi connectivity index (χ2v) is 8.24. The Labute approximate surface area is 177 Å². The molecule has 1 heterocycles.